The maximum atomic E-state index is 12.2. The molecule has 0 amide bonds. The van der Waals surface area contributed by atoms with Crippen LogP contribution < -0.4 is 10.7 Å². The van der Waals surface area contributed by atoms with E-state index in [-0.39, 0.29) is 12.0 Å². The molecule has 0 saturated carbocycles. The molecule has 2 heterocycles. The number of pyridine rings is 2. The topological polar surface area (TPSA) is 78.0 Å². The van der Waals surface area contributed by atoms with E-state index in [1.807, 2.05) is 48.5 Å². The maximum absolute atomic E-state index is 12.2. The van der Waals surface area contributed by atoms with Crippen molar-refractivity contribution in [1.82, 2.24) is 9.97 Å². The average Bonchev–Trinajstić information content (AvgIpc) is 2.63. The molecule has 0 aliphatic heterocycles. The van der Waals surface area contributed by atoms with E-state index in [0.29, 0.717) is 10.9 Å². The zero-order chi connectivity index (χ0) is 17.6. The summed E-state index contributed by atoms with van der Waals surface area (Å²) in [6.45, 7) is 1.93. The van der Waals surface area contributed by atoms with Crippen molar-refractivity contribution in [3.8, 4) is 0 Å². The van der Waals surface area contributed by atoms with Crippen LogP contribution in [0.15, 0.2) is 71.8 Å². The summed E-state index contributed by atoms with van der Waals surface area (Å²) >= 11 is 0. The van der Waals surface area contributed by atoms with E-state index in [1.54, 1.807) is 19.3 Å². The summed E-state index contributed by atoms with van der Waals surface area (Å²) in [7, 11) is 0. The Morgan fingerprint density at radius 1 is 1.08 bits per heavy atom. The predicted octanol–water partition coefficient (Wildman–Crippen LogP) is 3.82. The van der Waals surface area contributed by atoms with Crippen molar-refractivity contribution in [3.05, 3.63) is 77.2 Å². The molecule has 0 saturated heterocycles. The summed E-state index contributed by atoms with van der Waals surface area (Å²) in [4.78, 5) is 19.7. The van der Waals surface area contributed by atoms with Crippen molar-refractivity contribution in [2.24, 2.45) is 0 Å². The van der Waals surface area contributed by atoms with Gasteiger partial charge in [-0.3, -0.25) is 9.78 Å². The lowest BCUT2D eigenvalue weighted by Gasteiger charge is -2.10. The summed E-state index contributed by atoms with van der Waals surface area (Å²) in [5.74, 6) is 0. The Morgan fingerprint density at radius 3 is 2.60 bits per heavy atom. The van der Waals surface area contributed by atoms with E-state index in [1.165, 1.54) is 6.07 Å². The van der Waals surface area contributed by atoms with Crippen molar-refractivity contribution in [1.29, 1.82) is 0 Å². The van der Waals surface area contributed by atoms with E-state index >= 15 is 0 Å². The summed E-state index contributed by atoms with van der Waals surface area (Å²) in [6.07, 6.45) is 3.38. The molecule has 5 heteroatoms. The number of rotatable bonds is 2. The van der Waals surface area contributed by atoms with Gasteiger partial charge in [-0.1, -0.05) is 18.2 Å². The second-order valence-electron chi connectivity index (χ2n) is 5.39. The van der Waals surface area contributed by atoms with E-state index < -0.39 is 0 Å². The van der Waals surface area contributed by atoms with Gasteiger partial charge in [-0.25, -0.2) is 0 Å². The molecule has 0 atom stereocenters. The highest BCUT2D eigenvalue weighted by Crippen LogP contribution is 2.28. The SMILES string of the molecule is CCO.O=c1cc[nH]c2ccc3c(Nc4ccccc4)ccnc3c12. The van der Waals surface area contributed by atoms with Crippen LogP contribution >= 0.6 is 0 Å². The first-order chi connectivity index (χ1) is 12.2. The largest absolute Gasteiger partial charge is 0.397 e. The number of aromatic amines is 1. The van der Waals surface area contributed by atoms with Crippen LogP contribution in [0.1, 0.15) is 6.92 Å². The minimum Gasteiger partial charge on any atom is -0.397 e. The third-order valence-corrected chi connectivity index (χ3v) is 3.69. The van der Waals surface area contributed by atoms with Gasteiger partial charge in [-0.05, 0) is 37.3 Å². The van der Waals surface area contributed by atoms with Gasteiger partial charge in [0.05, 0.1) is 16.4 Å². The van der Waals surface area contributed by atoms with Gasteiger partial charge in [0.1, 0.15) is 0 Å². The number of aliphatic hydroxyl groups is 1. The Labute approximate surface area is 145 Å². The Hall–Kier alpha value is -3.18. The quantitative estimate of drug-likeness (QED) is 0.487. The number of hydrogen-bond donors (Lipinski definition) is 3. The highest BCUT2D eigenvalue weighted by atomic mass is 16.2. The molecule has 25 heavy (non-hydrogen) atoms. The number of para-hydroxylation sites is 1. The molecular weight excluding hydrogens is 314 g/mol. The van der Waals surface area contributed by atoms with Gasteiger partial charge in [0.2, 0.25) is 0 Å². The van der Waals surface area contributed by atoms with Crippen LogP contribution in [0.4, 0.5) is 11.4 Å². The number of benzene rings is 2. The molecule has 0 radical (unpaired) electrons. The summed E-state index contributed by atoms with van der Waals surface area (Å²) in [5, 5.41) is 12.5. The third kappa shape index (κ3) is 3.51. The molecule has 2 aromatic heterocycles. The van der Waals surface area contributed by atoms with Crippen LogP contribution in [0.25, 0.3) is 21.8 Å². The highest BCUT2D eigenvalue weighted by Gasteiger charge is 2.08. The third-order valence-electron chi connectivity index (χ3n) is 3.69. The summed E-state index contributed by atoms with van der Waals surface area (Å²) < 4.78 is 0. The molecule has 0 unspecified atom stereocenters. The van der Waals surface area contributed by atoms with E-state index in [2.05, 4.69) is 15.3 Å². The fourth-order valence-electron chi connectivity index (χ4n) is 2.66. The summed E-state index contributed by atoms with van der Waals surface area (Å²) in [5.41, 5.74) is 3.41. The van der Waals surface area contributed by atoms with Crippen LogP contribution in [-0.4, -0.2) is 21.7 Å². The van der Waals surface area contributed by atoms with Gasteiger partial charge < -0.3 is 15.4 Å². The number of nitrogens with zero attached hydrogens (tertiary/aromatic N) is 1. The average molecular weight is 333 g/mol. The lowest BCUT2D eigenvalue weighted by atomic mass is 10.1. The molecule has 2 aromatic carbocycles. The molecule has 0 spiro atoms. The Kier molecular flexibility index (Phi) is 5.06. The Bertz CT molecular complexity index is 1040. The zero-order valence-electron chi connectivity index (χ0n) is 13.9. The first-order valence-corrected chi connectivity index (χ1v) is 8.06. The first kappa shape index (κ1) is 16.7. The van der Waals surface area contributed by atoms with E-state index in [4.69, 9.17) is 5.11 Å². The summed E-state index contributed by atoms with van der Waals surface area (Å²) in [6, 6.07) is 17.3. The van der Waals surface area contributed by atoms with Crippen molar-refractivity contribution in [2.75, 3.05) is 11.9 Å². The van der Waals surface area contributed by atoms with Crippen LogP contribution in [0, 0.1) is 0 Å². The Balaban J connectivity index is 0.000000569. The van der Waals surface area contributed by atoms with Gasteiger partial charge in [0, 0.05) is 41.8 Å². The molecule has 4 aromatic rings. The first-order valence-electron chi connectivity index (χ1n) is 8.06. The second kappa shape index (κ2) is 7.59. The molecule has 4 rings (SSSR count). The van der Waals surface area contributed by atoms with Gasteiger partial charge in [0.15, 0.2) is 5.43 Å². The van der Waals surface area contributed by atoms with Crippen molar-refractivity contribution < 1.29 is 5.11 Å². The zero-order valence-corrected chi connectivity index (χ0v) is 13.9. The lowest BCUT2D eigenvalue weighted by molar-refractivity contribution is 0.318. The molecule has 5 nitrogen and oxygen atoms in total. The number of aromatic nitrogens is 2. The van der Waals surface area contributed by atoms with Gasteiger partial charge in [-0.15, -0.1) is 0 Å². The minimum absolute atomic E-state index is 0.0243. The minimum atomic E-state index is -0.0243. The van der Waals surface area contributed by atoms with Gasteiger partial charge in [-0.2, -0.15) is 0 Å². The molecule has 0 aliphatic carbocycles. The molecular formula is C20H19N3O2. The number of hydrogen-bond acceptors (Lipinski definition) is 4. The van der Waals surface area contributed by atoms with E-state index in [0.717, 1.165) is 22.3 Å². The lowest BCUT2D eigenvalue weighted by Crippen LogP contribution is -2.02. The van der Waals surface area contributed by atoms with E-state index in [9.17, 15) is 4.79 Å². The fourth-order valence-corrected chi connectivity index (χ4v) is 2.66. The molecule has 3 N–H and O–H groups in total. The van der Waals surface area contributed by atoms with Crippen molar-refractivity contribution in [3.63, 3.8) is 0 Å². The van der Waals surface area contributed by atoms with Crippen molar-refractivity contribution >= 4 is 33.2 Å². The highest BCUT2D eigenvalue weighted by molar-refractivity contribution is 6.08. The van der Waals surface area contributed by atoms with Crippen LogP contribution in [0.2, 0.25) is 0 Å². The fraction of sp³-hybridized carbons (Fsp3) is 0.100. The number of nitrogens with one attached hydrogen (secondary N) is 2. The number of aliphatic hydroxyl groups excluding tert-OH is 1. The molecule has 126 valence electrons. The molecule has 0 bridgehead atoms. The second-order valence-corrected chi connectivity index (χ2v) is 5.39. The number of fused-ring (bicyclic) bond motifs is 3. The Morgan fingerprint density at radius 2 is 1.84 bits per heavy atom. The van der Waals surface area contributed by atoms with Crippen molar-refractivity contribution in [2.45, 2.75) is 6.92 Å². The number of anilines is 2. The smallest absolute Gasteiger partial charge is 0.191 e. The maximum Gasteiger partial charge on any atom is 0.191 e. The standard InChI is InChI=1S/C18H13N3O.C2H6O/c22-16-9-11-19-15-7-6-13-14(8-10-20-18(13)17(15)16)21-12-4-2-1-3-5-12;1-2-3/h1-11H,(H,19,22)(H,20,21);3H,2H2,1H3. The van der Waals surface area contributed by atoms with Gasteiger partial charge >= 0.3 is 0 Å². The molecule has 0 fully saturated rings. The van der Waals surface area contributed by atoms with Crippen LogP contribution in [0.5, 0.6) is 0 Å². The normalized spacial score (nSPS) is 10.3. The predicted molar refractivity (Wildman–Crippen MR) is 102 cm³/mol. The van der Waals surface area contributed by atoms with Crippen LogP contribution in [0.3, 0.4) is 0 Å². The van der Waals surface area contributed by atoms with Gasteiger partial charge in [0.25, 0.3) is 0 Å². The van der Waals surface area contributed by atoms with Crippen LogP contribution in [-0.2, 0) is 0 Å². The number of H-pyrrole nitrogens is 1. The monoisotopic (exact) mass is 333 g/mol. The molecule has 0 aliphatic rings.